The molecule has 1 aromatic rings. The third-order valence-electron chi connectivity index (χ3n) is 4.36. The van der Waals surface area contributed by atoms with Crippen LogP contribution < -0.4 is 10.2 Å². The van der Waals surface area contributed by atoms with Gasteiger partial charge in [-0.05, 0) is 90.6 Å². The van der Waals surface area contributed by atoms with Crippen molar-refractivity contribution in [2.24, 2.45) is 0 Å². The summed E-state index contributed by atoms with van der Waals surface area (Å²) in [5.74, 6) is -0.0527. The minimum absolute atomic E-state index is 0.459. The monoisotopic (exact) mass is 420 g/mol. The van der Waals surface area contributed by atoms with Crippen LogP contribution in [-0.2, 0) is 25.5 Å². The average Bonchev–Trinajstić information content (AvgIpc) is 2.62. The van der Waals surface area contributed by atoms with Crippen LogP contribution in [-0.4, -0.2) is 41.2 Å². The maximum Gasteiger partial charge on any atom is 0.431 e. The maximum atomic E-state index is 13.0. The Morgan fingerprint density at radius 3 is 2.30 bits per heavy atom. The molecular weight excluding hydrogens is 388 g/mol. The molecule has 0 saturated carbocycles. The van der Waals surface area contributed by atoms with Crippen LogP contribution in [0.25, 0.3) is 0 Å². The molecule has 0 radical (unpaired) electrons. The molecule has 8 nitrogen and oxygen atoms in total. The highest BCUT2D eigenvalue weighted by Gasteiger charge is 2.50. The lowest BCUT2D eigenvalue weighted by Crippen LogP contribution is -2.58. The van der Waals surface area contributed by atoms with E-state index in [0.29, 0.717) is 18.6 Å². The quantitative estimate of drug-likeness (QED) is 0.425. The van der Waals surface area contributed by atoms with E-state index in [1.165, 1.54) is 13.1 Å². The Labute approximate surface area is 177 Å². The summed E-state index contributed by atoms with van der Waals surface area (Å²) in [6.07, 6.45) is 0.825. The van der Waals surface area contributed by atoms with Crippen molar-refractivity contribution in [3.05, 3.63) is 29.3 Å². The molecule has 0 spiro atoms. The van der Waals surface area contributed by atoms with Gasteiger partial charge in [-0.3, -0.25) is 0 Å². The van der Waals surface area contributed by atoms with Gasteiger partial charge in [-0.15, -0.1) is 0 Å². The number of rotatable bonds is 5. The highest BCUT2D eigenvalue weighted by atomic mass is 16.7. The number of fused-ring (bicyclic) bond motifs is 1. The Balaban J connectivity index is 2.25. The van der Waals surface area contributed by atoms with E-state index < -0.39 is 35.0 Å². The molecule has 0 bridgehead atoms. The molecule has 1 aliphatic heterocycles. The number of hydroxylamine groups is 1. The number of esters is 1. The molecule has 0 aromatic heterocycles. The SMILES string of the molecule is CC(C)(C)OC(=O)NOC(C)(C(=O)OC(C)(C)C)C1CCc2cc(C=N)ccc2O1. The van der Waals surface area contributed by atoms with Crippen molar-refractivity contribution >= 4 is 18.3 Å². The zero-order valence-electron chi connectivity index (χ0n) is 18.8. The number of ether oxygens (including phenoxy) is 3. The molecule has 0 aliphatic carbocycles. The first kappa shape index (κ1) is 23.7. The van der Waals surface area contributed by atoms with E-state index in [4.69, 9.17) is 24.5 Å². The molecule has 1 aromatic carbocycles. The van der Waals surface area contributed by atoms with Gasteiger partial charge in [0.2, 0.25) is 5.60 Å². The Hall–Kier alpha value is -2.61. The largest absolute Gasteiger partial charge is 0.486 e. The molecule has 2 unspecified atom stereocenters. The Morgan fingerprint density at radius 2 is 1.73 bits per heavy atom. The minimum atomic E-state index is -1.61. The van der Waals surface area contributed by atoms with Crippen LogP contribution in [0, 0.1) is 5.41 Å². The van der Waals surface area contributed by atoms with E-state index >= 15 is 0 Å². The van der Waals surface area contributed by atoms with E-state index in [1.807, 2.05) is 6.07 Å². The summed E-state index contributed by atoms with van der Waals surface area (Å²) >= 11 is 0. The lowest BCUT2D eigenvalue weighted by Gasteiger charge is -2.38. The highest BCUT2D eigenvalue weighted by molar-refractivity contribution is 5.81. The summed E-state index contributed by atoms with van der Waals surface area (Å²) in [4.78, 5) is 30.7. The second-order valence-corrected chi connectivity index (χ2v) is 9.47. The topological polar surface area (TPSA) is 107 Å². The van der Waals surface area contributed by atoms with Gasteiger partial charge in [0.15, 0.2) is 0 Å². The molecule has 1 amide bonds. The van der Waals surface area contributed by atoms with Crippen molar-refractivity contribution in [2.45, 2.75) is 84.2 Å². The Morgan fingerprint density at radius 1 is 1.10 bits per heavy atom. The van der Waals surface area contributed by atoms with Crippen molar-refractivity contribution in [2.75, 3.05) is 0 Å². The number of aryl methyl sites for hydroxylation is 1. The molecule has 0 saturated heterocycles. The fraction of sp³-hybridized carbons (Fsp3) is 0.591. The van der Waals surface area contributed by atoms with Gasteiger partial charge in [0.05, 0.1) is 0 Å². The van der Waals surface area contributed by atoms with Crippen LogP contribution >= 0.6 is 0 Å². The standard InChI is InChI=1S/C22H32N2O6/c1-20(2,3)28-18(25)22(7,30-24-19(26)29-21(4,5)6)17-11-9-15-12-14(13-23)8-10-16(15)27-17/h8,10,12-13,17,23H,9,11H2,1-7H3,(H,24,26). The van der Waals surface area contributed by atoms with Crippen LogP contribution in [0.1, 0.15) is 66.0 Å². The van der Waals surface area contributed by atoms with Gasteiger partial charge in [-0.1, -0.05) is 0 Å². The summed E-state index contributed by atoms with van der Waals surface area (Å²) < 4.78 is 16.8. The Kier molecular flexibility index (Phi) is 6.81. The van der Waals surface area contributed by atoms with Crippen molar-refractivity contribution in [1.29, 1.82) is 5.41 Å². The molecular formula is C22H32N2O6. The van der Waals surface area contributed by atoms with Crippen molar-refractivity contribution in [3.8, 4) is 5.75 Å². The number of amides is 1. The van der Waals surface area contributed by atoms with Gasteiger partial charge in [-0.2, -0.15) is 5.48 Å². The van der Waals surface area contributed by atoms with E-state index in [-0.39, 0.29) is 0 Å². The van der Waals surface area contributed by atoms with Crippen LogP contribution in [0.4, 0.5) is 4.79 Å². The fourth-order valence-electron chi connectivity index (χ4n) is 2.95. The van der Waals surface area contributed by atoms with Crippen LogP contribution in [0.15, 0.2) is 18.2 Å². The molecule has 1 heterocycles. The highest BCUT2D eigenvalue weighted by Crippen LogP contribution is 2.34. The first-order valence-electron chi connectivity index (χ1n) is 9.94. The van der Waals surface area contributed by atoms with E-state index in [9.17, 15) is 9.59 Å². The Bertz CT molecular complexity index is 809. The van der Waals surface area contributed by atoms with Crippen molar-refractivity contribution in [1.82, 2.24) is 5.48 Å². The van der Waals surface area contributed by atoms with E-state index in [1.54, 1.807) is 53.7 Å². The summed E-state index contributed by atoms with van der Waals surface area (Å²) in [6, 6.07) is 5.40. The first-order chi connectivity index (χ1) is 13.7. The van der Waals surface area contributed by atoms with Gasteiger partial charge in [-0.25, -0.2) is 14.4 Å². The van der Waals surface area contributed by atoms with Crippen LogP contribution in [0.5, 0.6) is 5.75 Å². The lowest BCUT2D eigenvalue weighted by atomic mass is 9.90. The summed E-state index contributed by atoms with van der Waals surface area (Å²) in [6.45, 7) is 12.0. The van der Waals surface area contributed by atoms with Crippen molar-refractivity contribution < 1.29 is 28.6 Å². The maximum absolute atomic E-state index is 13.0. The lowest BCUT2D eigenvalue weighted by molar-refractivity contribution is -0.205. The zero-order chi connectivity index (χ0) is 22.7. The van der Waals surface area contributed by atoms with Gasteiger partial charge in [0, 0.05) is 6.21 Å². The summed E-state index contributed by atoms with van der Waals surface area (Å²) in [5.41, 5.74) is 0.850. The number of carbonyl (C=O) groups excluding carboxylic acids is 2. The van der Waals surface area contributed by atoms with Gasteiger partial charge >= 0.3 is 12.1 Å². The normalized spacial score (nSPS) is 18.3. The second kappa shape index (κ2) is 8.63. The minimum Gasteiger partial charge on any atom is -0.486 e. The number of nitrogens with one attached hydrogen (secondary N) is 2. The van der Waals surface area contributed by atoms with Gasteiger partial charge in [0.25, 0.3) is 0 Å². The zero-order valence-corrected chi connectivity index (χ0v) is 18.8. The number of benzene rings is 1. The van der Waals surface area contributed by atoms with Crippen molar-refractivity contribution in [3.63, 3.8) is 0 Å². The van der Waals surface area contributed by atoms with Gasteiger partial charge < -0.3 is 19.6 Å². The predicted octanol–water partition coefficient (Wildman–Crippen LogP) is 3.93. The molecule has 0 fully saturated rings. The smallest absolute Gasteiger partial charge is 0.431 e. The number of hydrogen-bond acceptors (Lipinski definition) is 7. The summed E-state index contributed by atoms with van der Waals surface area (Å²) in [5, 5.41) is 7.40. The molecule has 8 heteroatoms. The molecule has 2 rings (SSSR count). The second-order valence-electron chi connectivity index (χ2n) is 9.47. The van der Waals surface area contributed by atoms with Crippen LogP contribution in [0.2, 0.25) is 0 Å². The van der Waals surface area contributed by atoms with Gasteiger partial charge in [0.1, 0.15) is 23.1 Å². The van der Waals surface area contributed by atoms with E-state index in [0.717, 1.165) is 11.1 Å². The number of carbonyl (C=O) groups is 2. The average molecular weight is 421 g/mol. The van der Waals surface area contributed by atoms with Crippen LogP contribution in [0.3, 0.4) is 0 Å². The fourth-order valence-corrected chi connectivity index (χ4v) is 2.95. The molecule has 166 valence electrons. The molecule has 2 N–H and O–H groups in total. The molecule has 2 atom stereocenters. The molecule has 30 heavy (non-hydrogen) atoms. The predicted molar refractivity (Wildman–Crippen MR) is 112 cm³/mol. The first-order valence-corrected chi connectivity index (χ1v) is 9.94. The third-order valence-corrected chi connectivity index (χ3v) is 4.36. The van der Waals surface area contributed by atoms with E-state index in [2.05, 4.69) is 5.48 Å². The molecule has 1 aliphatic rings. The number of hydrogen-bond donors (Lipinski definition) is 2. The summed E-state index contributed by atoms with van der Waals surface area (Å²) in [7, 11) is 0. The third kappa shape index (κ3) is 6.19.